The van der Waals surface area contributed by atoms with Gasteiger partial charge < -0.3 is 25.2 Å². The van der Waals surface area contributed by atoms with Crippen LogP contribution >= 0.6 is 0 Å². The summed E-state index contributed by atoms with van der Waals surface area (Å²) in [4.78, 5) is 9.30. The summed E-state index contributed by atoms with van der Waals surface area (Å²) in [6.45, 7) is 8.65. The first kappa shape index (κ1) is 21.5. The molecule has 6 heteroatoms. The van der Waals surface area contributed by atoms with Crippen LogP contribution in [-0.4, -0.2) is 88.4 Å². The van der Waals surface area contributed by atoms with Crippen molar-refractivity contribution in [2.24, 2.45) is 4.99 Å². The fourth-order valence-electron chi connectivity index (χ4n) is 3.76. The van der Waals surface area contributed by atoms with Crippen LogP contribution < -0.4 is 10.6 Å². The molecule has 1 saturated carbocycles. The average molecular weight is 368 g/mol. The zero-order chi connectivity index (χ0) is 18.5. The van der Waals surface area contributed by atoms with Gasteiger partial charge in [-0.3, -0.25) is 4.99 Å². The highest BCUT2D eigenvalue weighted by Gasteiger charge is 2.13. The molecule has 0 aromatic carbocycles. The third kappa shape index (κ3) is 9.19. The minimum atomic E-state index is 0.476. The van der Waals surface area contributed by atoms with E-state index in [0.717, 1.165) is 25.7 Å². The maximum Gasteiger partial charge on any atom is 0.191 e. The number of rotatable bonds is 9. The summed E-state index contributed by atoms with van der Waals surface area (Å²) in [7, 11) is 4.05. The Bertz CT molecular complexity index is 374. The van der Waals surface area contributed by atoms with Crippen LogP contribution in [-0.2, 0) is 4.74 Å². The van der Waals surface area contributed by atoms with Gasteiger partial charge in [-0.05, 0) is 39.3 Å². The molecule has 1 aliphatic carbocycles. The minimum Gasteiger partial charge on any atom is -0.376 e. The predicted molar refractivity (Wildman–Crippen MR) is 110 cm³/mol. The van der Waals surface area contributed by atoms with Crippen molar-refractivity contribution in [1.29, 1.82) is 0 Å². The first-order valence-corrected chi connectivity index (χ1v) is 10.7. The van der Waals surface area contributed by atoms with Gasteiger partial charge in [-0.15, -0.1) is 0 Å². The normalized spacial score (nSPS) is 21.5. The fraction of sp³-hybridized carbons (Fsp3) is 0.950. The van der Waals surface area contributed by atoms with E-state index in [9.17, 15) is 0 Å². The molecule has 2 rings (SSSR count). The Morgan fingerprint density at radius 3 is 2.35 bits per heavy atom. The van der Waals surface area contributed by atoms with Crippen molar-refractivity contribution < 1.29 is 4.74 Å². The summed E-state index contributed by atoms with van der Waals surface area (Å²) >= 11 is 0. The highest BCUT2D eigenvalue weighted by molar-refractivity contribution is 5.79. The van der Waals surface area contributed by atoms with Crippen LogP contribution in [0.15, 0.2) is 4.99 Å². The molecule has 6 nitrogen and oxygen atoms in total. The highest BCUT2D eigenvalue weighted by atomic mass is 16.5. The summed E-state index contributed by atoms with van der Waals surface area (Å²) in [5, 5.41) is 6.79. The maximum atomic E-state index is 6.02. The van der Waals surface area contributed by atoms with Crippen LogP contribution in [0.3, 0.4) is 0 Å². The van der Waals surface area contributed by atoms with Crippen molar-refractivity contribution in [3.05, 3.63) is 0 Å². The van der Waals surface area contributed by atoms with Gasteiger partial charge in [0.25, 0.3) is 0 Å². The Morgan fingerprint density at radius 1 is 0.962 bits per heavy atom. The standard InChI is InChI=1S/C20H41N5O/c1-21-20(23-12-18-26-19-9-5-3-4-6-10-19)22-11-7-8-13-25-16-14-24(2)15-17-25/h19H,3-18H2,1-2H3,(H2,21,22,23). The van der Waals surface area contributed by atoms with Gasteiger partial charge in [-0.2, -0.15) is 0 Å². The number of nitrogens with zero attached hydrogens (tertiary/aromatic N) is 3. The lowest BCUT2D eigenvalue weighted by Gasteiger charge is -2.32. The van der Waals surface area contributed by atoms with E-state index in [1.165, 1.54) is 84.1 Å². The van der Waals surface area contributed by atoms with E-state index in [1.54, 1.807) is 0 Å². The van der Waals surface area contributed by atoms with Gasteiger partial charge >= 0.3 is 0 Å². The molecule has 0 atom stereocenters. The topological polar surface area (TPSA) is 52.1 Å². The van der Waals surface area contributed by atoms with E-state index in [0.29, 0.717) is 6.10 Å². The van der Waals surface area contributed by atoms with E-state index >= 15 is 0 Å². The first-order chi connectivity index (χ1) is 12.8. The van der Waals surface area contributed by atoms with Gasteiger partial charge in [0.2, 0.25) is 0 Å². The second-order valence-corrected chi connectivity index (χ2v) is 7.76. The number of guanidine groups is 1. The summed E-state index contributed by atoms with van der Waals surface area (Å²) in [5.41, 5.74) is 0. The quantitative estimate of drug-likeness (QED) is 0.282. The van der Waals surface area contributed by atoms with Gasteiger partial charge in [0.1, 0.15) is 0 Å². The van der Waals surface area contributed by atoms with Crippen LogP contribution in [0.5, 0.6) is 0 Å². The Hall–Kier alpha value is -0.850. The number of aliphatic imine (C=N–C) groups is 1. The third-order valence-electron chi connectivity index (χ3n) is 5.56. The Morgan fingerprint density at radius 2 is 1.65 bits per heavy atom. The Balaban J connectivity index is 1.44. The number of hydrogen-bond acceptors (Lipinski definition) is 4. The second kappa shape index (κ2) is 13.3. The monoisotopic (exact) mass is 367 g/mol. The first-order valence-electron chi connectivity index (χ1n) is 10.7. The highest BCUT2D eigenvalue weighted by Crippen LogP contribution is 2.19. The zero-order valence-corrected chi connectivity index (χ0v) is 17.1. The van der Waals surface area contributed by atoms with Crippen molar-refractivity contribution in [2.45, 2.75) is 57.5 Å². The SMILES string of the molecule is CN=C(NCCCCN1CCN(C)CC1)NCCOC1CCCCCC1. The summed E-state index contributed by atoms with van der Waals surface area (Å²) < 4.78 is 6.02. The molecule has 2 fully saturated rings. The maximum absolute atomic E-state index is 6.02. The second-order valence-electron chi connectivity index (χ2n) is 7.76. The summed E-state index contributed by atoms with van der Waals surface area (Å²) in [6.07, 6.45) is 10.8. The van der Waals surface area contributed by atoms with Crippen LogP contribution in [0.2, 0.25) is 0 Å². The van der Waals surface area contributed by atoms with Crippen molar-refractivity contribution in [3.63, 3.8) is 0 Å². The van der Waals surface area contributed by atoms with Crippen molar-refractivity contribution in [1.82, 2.24) is 20.4 Å². The van der Waals surface area contributed by atoms with E-state index in [1.807, 2.05) is 7.05 Å². The molecule has 1 aliphatic heterocycles. The number of ether oxygens (including phenoxy) is 1. The minimum absolute atomic E-state index is 0.476. The van der Waals surface area contributed by atoms with Gasteiger partial charge in [0.05, 0.1) is 12.7 Å². The third-order valence-corrected chi connectivity index (χ3v) is 5.56. The number of nitrogens with one attached hydrogen (secondary N) is 2. The molecule has 152 valence electrons. The van der Waals surface area contributed by atoms with Crippen LogP contribution in [0.4, 0.5) is 0 Å². The summed E-state index contributed by atoms with van der Waals surface area (Å²) in [6, 6.07) is 0. The van der Waals surface area contributed by atoms with Crippen LogP contribution in [0.25, 0.3) is 0 Å². The van der Waals surface area contributed by atoms with Crippen molar-refractivity contribution in [3.8, 4) is 0 Å². The van der Waals surface area contributed by atoms with Gasteiger partial charge in [0.15, 0.2) is 5.96 Å². The molecular weight excluding hydrogens is 326 g/mol. The van der Waals surface area contributed by atoms with E-state index in [-0.39, 0.29) is 0 Å². The molecule has 0 radical (unpaired) electrons. The molecule has 0 aromatic heterocycles. The van der Waals surface area contributed by atoms with Crippen molar-refractivity contribution in [2.75, 3.05) is 66.5 Å². The molecule has 1 saturated heterocycles. The van der Waals surface area contributed by atoms with Crippen LogP contribution in [0, 0.1) is 0 Å². The molecule has 2 aliphatic rings. The van der Waals surface area contributed by atoms with Gasteiger partial charge in [-0.25, -0.2) is 0 Å². The molecule has 0 spiro atoms. The number of unbranched alkanes of at least 4 members (excludes halogenated alkanes) is 1. The fourth-order valence-corrected chi connectivity index (χ4v) is 3.76. The molecular formula is C20H41N5O. The average Bonchev–Trinajstić information content (AvgIpc) is 2.93. The number of piperazine rings is 1. The van der Waals surface area contributed by atoms with Crippen LogP contribution in [0.1, 0.15) is 51.4 Å². The largest absolute Gasteiger partial charge is 0.376 e. The molecule has 1 heterocycles. The predicted octanol–water partition coefficient (Wildman–Crippen LogP) is 1.92. The molecule has 0 bridgehead atoms. The number of hydrogen-bond donors (Lipinski definition) is 2. The Labute approximate surface area is 160 Å². The van der Waals surface area contributed by atoms with Gasteiger partial charge in [-0.1, -0.05) is 25.7 Å². The van der Waals surface area contributed by atoms with E-state index < -0.39 is 0 Å². The molecule has 0 amide bonds. The van der Waals surface area contributed by atoms with Crippen molar-refractivity contribution >= 4 is 5.96 Å². The number of likely N-dealkylation sites (N-methyl/N-ethyl adjacent to an activating group) is 1. The van der Waals surface area contributed by atoms with Gasteiger partial charge in [0, 0.05) is 46.3 Å². The smallest absolute Gasteiger partial charge is 0.191 e. The Kier molecular flexibility index (Phi) is 11.0. The molecule has 0 aromatic rings. The lowest BCUT2D eigenvalue weighted by Crippen LogP contribution is -2.44. The zero-order valence-electron chi connectivity index (χ0n) is 17.1. The summed E-state index contributed by atoms with van der Waals surface area (Å²) in [5.74, 6) is 0.897. The lowest BCUT2D eigenvalue weighted by molar-refractivity contribution is 0.0468. The lowest BCUT2D eigenvalue weighted by atomic mass is 10.1. The van der Waals surface area contributed by atoms with E-state index in [2.05, 4.69) is 32.5 Å². The van der Waals surface area contributed by atoms with E-state index in [4.69, 9.17) is 4.74 Å². The molecule has 26 heavy (non-hydrogen) atoms. The molecule has 0 unspecified atom stereocenters. The molecule has 2 N–H and O–H groups in total.